The summed E-state index contributed by atoms with van der Waals surface area (Å²) in [7, 11) is 0. The Balaban J connectivity index is 1.70. The zero-order valence-electron chi connectivity index (χ0n) is 11.3. The molecule has 2 nitrogen and oxygen atoms in total. The molecule has 18 heavy (non-hydrogen) atoms. The van der Waals surface area contributed by atoms with Crippen molar-refractivity contribution in [2.24, 2.45) is 0 Å². The molecule has 0 aromatic carbocycles. The fraction of sp³-hybridized carbons (Fsp3) is 0.733. The van der Waals surface area contributed by atoms with E-state index >= 15 is 0 Å². The number of rotatable bonds is 2. The molecule has 1 aliphatic heterocycles. The zero-order valence-corrected chi connectivity index (χ0v) is 12.1. The summed E-state index contributed by atoms with van der Waals surface area (Å²) in [5, 5.41) is 8.33. The van der Waals surface area contributed by atoms with Gasteiger partial charge in [0.2, 0.25) is 0 Å². The first-order valence-corrected chi connectivity index (χ1v) is 8.25. The van der Waals surface area contributed by atoms with Crippen LogP contribution in [0.5, 0.6) is 0 Å². The van der Waals surface area contributed by atoms with Gasteiger partial charge in [-0.25, -0.2) is 0 Å². The number of nitrogens with one attached hydrogen (secondary N) is 1. The second-order valence-electron chi connectivity index (χ2n) is 5.97. The number of hydrogen-bond donors (Lipinski definition) is 1. The van der Waals surface area contributed by atoms with Crippen molar-refractivity contribution in [2.45, 2.75) is 50.6 Å². The van der Waals surface area contributed by atoms with Crippen LogP contribution in [0, 0.1) is 0 Å². The van der Waals surface area contributed by atoms with Crippen LogP contribution in [0.1, 0.15) is 50.6 Å². The van der Waals surface area contributed by atoms with Gasteiger partial charge < -0.3 is 5.32 Å². The Kier molecular flexibility index (Phi) is 3.73. The molecule has 100 valence electrons. The summed E-state index contributed by atoms with van der Waals surface area (Å²) < 4.78 is 0. The van der Waals surface area contributed by atoms with E-state index in [1.165, 1.54) is 50.8 Å². The quantitative estimate of drug-likeness (QED) is 0.880. The molecule has 1 spiro atoms. The molecule has 1 saturated carbocycles. The molecule has 3 heteroatoms. The minimum atomic E-state index is 0.431. The Hall–Kier alpha value is -0.380. The topological polar surface area (TPSA) is 15.3 Å². The van der Waals surface area contributed by atoms with Crippen molar-refractivity contribution in [2.75, 3.05) is 19.6 Å². The number of thiophene rings is 1. The molecule has 1 aromatic heterocycles. The predicted molar refractivity (Wildman–Crippen MR) is 78.1 cm³/mol. The lowest BCUT2D eigenvalue weighted by atomic mass is 9.80. The number of hydrogen-bond acceptors (Lipinski definition) is 3. The minimum Gasteiger partial charge on any atom is -0.309 e. The van der Waals surface area contributed by atoms with Gasteiger partial charge >= 0.3 is 0 Å². The number of nitrogens with zero attached hydrogens (tertiary/aromatic N) is 1. The Morgan fingerprint density at radius 2 is 2.17 bits per heavy atom. The smallest absolute Gasteiger partial charge is 0.0329 e. The largest absolute Gasteiger partial charge is 0.309 e. The highest BCUT2D eigenvalue weighted by Crippen LogP contribution is 2.33. The van der Waals surface area contributed by atoms with E-state index in [1.807, 2.05) is 11.3 Å². The molecular weight excluding hydrogens is 240 g/mol. The Bertz CT molecular complexity index is 362. The molecular formula is C15H24N2S. The van der Waals surface area contributed by atoms with E-state index in [2.05, 4.69) is 34.0 Å². The average Bonchev–Trinajstić information content (AvgIpc) is 2.93. The van der Waals surface area contributed by atoms with Crippen molar-refractivity contribution in [3.05, 3.63) is 22.4 Å². The van der Waals surface area contributed by atoms with E-state index in [-0.39, 0.29) is 0 Å². The molecule has 3 rings (SSSR count). The van der Waals surface area contributed by atoms with Crippen LogP contribution in [-0.2, 0) is 0 Å². The van der Waals surface area contributed by atoms with E-state index in [0.29, 0.717) is 11.6 Å². The summed E-state index contributed by atoms with van der Waals surface area (Å²) in [6.07, 6.45) is 7.00. The SMILES string of the molecule is CC(c1ccsc1)N1CCNC2(CCCCC2)C1. The van der Waals surface area contributed by atoms with Crippen LogP contribution in [0.3, 0.4) is 0 Å². The van der Waals surface area contributed by atoms with Crippen molar-refractivity contribution in [3.8, 4) is 0 Å². The summed E-state index contributed by atoms with van der Waals surface area (Å²) in [4.78, 5) is 2.68. The molecule has 2 heterocycles. The molecule has 1 aliphatic carbocycles. The lowest BCUT2D eigenvalue weighted by Crippen LogP contribution is -2.61. The third kappa shape index (κ3) is 2.49. The van der Waals surface area contributed by atoms with E-state index in [9.17, 15) is 0 Å². The predicted octanol–water partition coefficient (Wildman–Crippen LogP) is 3.42. The van der Waals surface area contributed by atoms with Crippen LogP contribution in [0.2, 0.25) is 0 Å². The van der Waals surface area contributed by atoms with Crippen molar-refractivity contribution < 1.29 is 0 Å². The lowest BCUT2D eigenvalue weighted by molar-refractivity contribution is 0.0731. The third-order valence-corrected chi connectivity index (χ3v) is 5.49. The third-order valence-electron chi connectivity index (χ3n) is 4.79. The maximum absolute atomic E-state index is 3.83. The van der Waals surface area contributed by atoms with Gasteiger partial charge in [0, 0.05) is 31.2 Å². The van der Waals surface area contributed by atoms with Crippen molar-refractivity contribution in [1.82, 2.24) is 10.2 Å². The maximum Gasteiger partial charge on any atom is 0.0329 e. The Morgan fingerprint density at radius 1 is 1.33 bits per heavy atom. The highest BCUT2D eigenvalue weighted by molar-refractivity contribution is 7.07. The van der Waals surface area contributed by atoms with Crippen LogP contribution in [-0.4, -0.2) is 30.1 Å². The van der Waals surface area contributed by atoms with Crippen molar-refractivity contribution in [3.63, 3.8) is 0 Å². The van der Waals surface area contributed by atoms with Gasteiger partial charge in [-0.15, -0.1) is 0 Å². The summed E-state index contributed by atoms with van der Waals surface area (Å²) in [5.41, 5.74) is 1.92. The van der Waals surface area contributed by atoms with Crippen molar-refractivity contribution >= 4 is 11.3 Å². The monoisotopic (exact) mass is 264 g/mol. The first kappa shape index (κ1) is 12.6. The van der Waals surface area contributed by atoms with Crippen LogP contribution in [0.25, 0.3) is 0 Å². The van der Waals surface area contributed by atoms with E-state index in [1.54, 1.807) is 0 Å². The normalized spacial score (nSPS) is 26.3. The first-order valence-electron chi connectivity index (χ1n) is 7.30. The highest BCUT2D eigenvalue weighted by atomic mass is 32.1. The summed E-state index contributed by atoms with van der Waals surface area (Å²) in [6.45, 7) is 5.96. The molecule has 1 saturated heterocycles. The molecule has 0 amide bonds. The van der Waals surface area contributed by atoms with Crippen LogP contribution in [0.15, 0.2) is 16.8 Å². The molecule has 1 atom stereocenters. The van der Waals surface area contributed by atoms with Gasteiger partial charge in [0.15, 0.2) is 0 Å². The van der Waals surface area contributed by atoms with Crippen molar-refractivity contribution in [1.29, 1.82) is 0 Å². The highest BCUT2D eigenvalue weighted by Gasteiger charge is 2.37. The second kappa shape index (κ2) is 5.32. The first-order chi connectivity index (χ1) is 8.79. The zero-order chi connectivity index (χ0) is 12.4. The van der Waals surface area contributed by atoms with Crippen LogP contribution < -0.4 is 5.32 Å². The summed E-state index contributed by atoms with van der Waals surface area (Å²) in [5.74, 6) is 0. The maximum atomic E-state index is 3.83. The standard InChI is InChI=1S/C15H24N2S/c1-13(14-5-10-18-11-14)17-9-8-16-15(12-17)6-3-2-4-7-15/h5,10-11,13,16H,2-4,6-9,12H2,1H3. The molecule has 1 N–H and O–H groups in total. The Morgan fingerprint density at radius 3 is 2.89 bits per heavy atom. The van der Waals surface area contributed by atoms with Gasteiger partial charge in [0.05, 0.1) is 0 Å². The summed E-state index contributed by atoms with van der Waals surface area (Å²) >= 11 is 1.82. The van der Waals surface area contributed by atoms with Gasteiger partial charge in [-0.2, -0.15) is 11.3 Å². The van der Waals surface area contributed by atoms with E-state index < -0.39 is 0 Å². The molecule has 1 unspecified atom stereocenters. The fourth-order valence-corrected chi connectivity index (χ4v) is 4.35. The number of piperazine rings is 1. The van der Waals surface area contributed by atoms with E-state index in [4.69, 9.17) is 0 Å². The lowest BCUT2D eigenvalue weighted by Gasteiger charge is -2.48. The van der Waals surface area contributed by atoms with Gasteiger partial charge in [-0.05, 0) is 42.2 Å². The van der Waals surface area contributed by atoms with Gasteiger partial charge in [-0.3, -0.25) is 4.90 Å². The van der Waals surface area contributed by atoms with Gasteiger partial charge in [0.25, 0.3) is 0 Å². The summed E-state index contributed by atoms with van der Waals surface area (Å²) in [6, 6.07) is 2.86. The van der Waals surface area contributed by atoms with Gasteiger partial charge in [0.1, 0.15) is 0 Å². The molecule has 2 aliphatic rings. The molecule has 2 fully saturated rings. The van der Waals surface area contributed by atoms with Crippen LogP contribution in [0.4, 0.5) is 0 Å². The van der Waals surface area contributed by atoms with E-state index in [0.717, 1.165) is 6.54 Å². The fourth-order valence-electron chi connectivity index (χ4n) is 3.61. The van der Waals surface area contributed by atoms with Gasteiger partial charge in [-0.1, -0.05) is 19.3 Å². The minimum absolute atomic E-state index is 0.431. The Labute approximate surface area is 114 Å². The average molecular weight is 264 g/mol. The second-order valence-corrected chi connectivity index (χ2v) is 6.75. The van der Waals surface area contributed by atoms with Crippen LogP contribution >= 0.6 is 11.3 Å². The molecule has 1 aromatic rings. The molecule has 0 radical (unpaired) electrons. The molecule has 0 bridgehead atoms.